The van der Waals surface area contributed by atoms with Gasteiger partial charge in [-0.25, -0.2) is 0 Å². The molecular formula is C14H15NS. The van der Waals surface area contributed by atoms with Crippen LogP contribution in [0, 0.1) is 0 Å². The van der Waals surface area contributed by atoms with Crippen molar-refractivity contribution in [1.29, 1.82) is 0 Å². The van der Waals surface area contributed by atoms with Gasteiger partial charge >= 0.3 is 0 Å². The maximum absolute atomic E-state index is 3.45. The van der Waals surface area contributed by atoms with Crippen molar-refractivity contribution in [1.82, 2.24) is 0 Å². The van der Waals surface area contributed by atoms with E-state index in [2.05, 4.69) is 41.0 Å². The maximum Gasteiger partial charge on any atom is 0.0372 e. The third-order valence-corrected chi connectivity index (χ3v) is 3.94. The van der Waals surface area contributed by atoms with E-state index in [1.54, 1.807) is 0 Å². The molecule has 0 saturated heterocycles. The molecule has 0 atom stereocenters. The van der Waals surface area contributed by atoms with Gasteiger partial charge in [-0.15, -0.1) is 11.3 Å². The summed E-state index contributed by atoms with van der Waals surface area (Å²) in [4.78, 5) is 1.45. The third-order valence-electron chi connectivity index (χ3n) is 3.07. The van der Waals surface area contributed by atoms with E-state index in [0.717, 1.165) is 13.0 Å². The zero-order valence-corrected chi connectivity index (χ0v) is 10.0. The topological polar surface area (TPSA) is 12.0 Å². The highest BCUT2D eigenvalue weighted by Crippen LogP contribution is 2.24. The van der Waals surface area contributed by atoms with Crippen LogP contribution in [0.5, 0.6) is 0 Å². The molecule has 0 spiro atoms. The first-order valence-electron chi connectivity index (χ1n) is 5.80. The molecule has 1 aromatic heterocycles. The molecule has 2 heteroatoms. The molecule has 0 aliphatic carbocycles. The Bertz CT molecular complexity index is 473. The van der Waals surface area contributed by atoms with Gasteiger partial charge < -0.3 is 5.32 Å². The minimum atomic E-state index is 1.07. The van der Waals surface area contributed by atoms with Gasteiger partial charge in [0.05, 0.1) is 0 Å². The molecule has 3 rings (SSSR count). The highest BCUT2D eigenvalue weighted by atomic mass is 32.1. The summed E-state index contributed by atoms with van der Waals surface area (Å²) in [6.07, 6.45) is 3.56. The van der Waals surface area contributed by atoms with Crippen molar-refractivity contribution < 1.29 is 0 Å². The van der Waals surface area contributed by atoms with Crippen LogP contribution in [0.2, 0.25) is 0 Å². The lowest BCUT2D eigenvalue weighted by molar-refractivity contribution is 0.828. The molecule has 1 aliphatic heterocycles. The van der Waals surface area contributed by atoms with Gasteiger partial charge in [0, 0.05) is 23.5 Å². The van der Waals surface area contributed by atoms with Crippen LogP contribution in [0.25, 0.3) is 0 Å². The van der Waals surface area contributed by atoms with Gasteiger partial charge in [-0.1, -0.05) is 18.2 Å². The van der Waals surface area contributed by atoms with E-state index in [-0.39, 0.29) is 0 Å². The normalized spacial score (nSPS) is 14.2. The van der Waals surface area contributed by atoms with Crippen LogP contribution < -0.4 is 5.32 Å². The smallest absolute Gasteiger partial charge is 0.0372 e. The van der Waals surface area contributed by atoms with E-state index in [0.29, 0.717) is 0 Å². The van der Waals surface area contributed by atoms with Gasteiger partial charge in [-0.3, -0.25) is 0 Å². The molecular weight excluding hydrogens is 214 g/mol. The molecule has 1 N–H and O–H groups in total. The van der Waals surface area contributed by atoms with Gasteiger partial charge in [0.1, 0.15) is 0 Å². The van der Waals surface area contributed by atoms with Gasteiger partial charge in [0.25, 0.3) is 0 Å². The number of thiophene rings is 1. The van der Waals surface area contributed by atoms with Crippen molar-refractivity contribution in [3.05, 3.63) is 51.7 Å². The summed E-state index contributed by atoms with van der Waals surface area (Å²) in [5.74, 6) is 0. The number of nitrogens with one attached hydrogen (secondary N) is 1. The van der Waals surface area contributed by atoms with E-state index in [9.17, 15) is 0 Å². The second-order valence-electron chi connectivity index (χ2n) is 4.28. The minimum absolute atomic E-state index is 1.07. The maximum atomic E-state index is 3.45. The van der Waals surface area contributed by atoms with Gasteiger partial charge in [0.15, 0.2) is 0 Å². The van der Waals surface area contributed by atoms with Gasteiger partial charge in [0.2, 0.25) is 0 Å². The van der Waals surface area contributed by atoms with E-state index in [1.807, 2.05) is 11.3 Å². The van der Waals surface area contributed by atoms with E-state index < -0.39 is 0 Å². The number of hydrogen-bond acceptors (Lipinski definition) is 2. The second-order valence-corrected chi connectivity index (χ2v) is 5.31. The molecule has 2 heterocycles. The lowest BCUT2D eigenvalue weighted by Crippen LogP contribution is -2.11. The van der Waals surface area contributed by atoms with Crippen LogP contribution in [-0.2, 0) is 12.8 Å². The minimum Gasteiger partial charge on any atom is -0.385 e. The average molecular weight is 229 g/mol. The molecule has 0 amide bonds. The fourth-order valence-corrected chi connectivity index (χ4v) is 2.99. The number of rotatable bonds is 2. The summed E-state index contributed by atoms with van der Waals surface area (Å²) in [5.41, 5.74) is 4.26. The number of hydrogen-bond donors (Lipinski definition) is 1. The Morgan fingerprint density at radius 1 is 1.25 bits per heavy atom. The fourth-order valence-electron chi connectivity index (χ4n) is 2.25. The molecule has 16 heavy (non-hydrogen) atoms. The molecule has 0 saturated carbocycles. The van der Waals surface area contributed by atoms with Crippen LogP contribution in [0.3, 0.4) is 0 Å². The summed E-state index contributed by atoms with van der Waals surface area (Å²) >= 11 is 1.84. The number of fused-ring (bicyclic) bond motifs is 1. The van der Waals surface area contributed by atoms with Crippen LogP contribution in [-0.4, -0.2) is 6.54 Å². The predicted octanol–water partition coefficient (Wildman–Crippen LogP) is 3.70. The molecule has 1 aliphatic rings. The molecule has 0 fully saturated rings. The Balaban J connectivity index is 1.86. The molecule has 1 aromatic carbocycles. The monoisotopic (exact) mass is 229 g/mol. The van der Waals surface area contributed by atoms with Crippen molar-refractivity contribution in [2.75, 3.05) is 11.9 Å². The number of benzene rings is 1. The Morgan fingerprint density at radius 3 is 3.12 bits per heavy atom. The quantitative estimate of drug-likeness (QED) is 0.828. The standard InChI is InChI=1S/C14H15NS/c1-3-12-9-11(5-6-14(12)15-7-1)10-13-4-2-8-16-13/h2,4-6,8-9,15H,1,3,7,10H2. The van der Waals surface area contributed by atoms with E-state index in [4.69, 9.17) is 0 Å². The first kappa shape index (κ1) is 9.91. The van der Waals surface area contributed by atoms with Crippen molar-refractivity contribution in [2.24, 2.45) is 0 Å². The van der Waals surface area contributed by atoms with Crippen molar-refractivity contribution in [3.8, 4) is 0 Å². The Hall–Kier alpha value is -1.28. The van der Waals surface area contributed by atoms with E-state index in [1.165, 1.54) is 34.5 Å². The first-order valence-corrected chi connectivity index (χ1v) is 6.68. The molecule has 0 bridgehead atoms. The first-order chi connectivity index (χ1) is 7.92. The van der Waals surface area contributed by atoms with Crippen LogP contribution >= 0.6 is 11.3 Å². The second kappa shape index (κ2) is 4.30. The van der Waals surface area contributed by atoms with Crippen LogP contribution in [0.15, 0.2) is 35.7 Å². The summed E-state index contributed by atoms with van der Waals surface area (Å²) in [5, 5.41) is 5.60. The Labute approximate surface area is 100 Å². The van der Waals surface area contributed by atoms with E-state index >= 15 is 0 Å². The third kappa shape index (κ3) is 1.98. The highest BCUT2D eigenvalue weighted by Gasteiger charge is 2.08. The Morgan fingerprint density at radius 2 is 2.25 bits per heavy atom. The van der Waals surface area contributed by atoms with Crippen molar-refractivity contribution in [3.63, 3.8) is 0 Å². The van der Waals surface area contributed by atoms with Crippen molar-refractivity contribution >= 4 is 17.0 Å². The summed E-state index contributed by atoms with van der Waals surface area (Å²) in [6.45, 7) is 1.12. The summed E-state index contributed by atoms with van der Waals surface area (Å²) in [7, 11) is 0. The highest BCUT2D eigenvalue weighted by molar-refractivity contribution is 7.09. The molecule has 0 radical (unpaired) electrons. The molecule has 1 nitrogen and oxygen atoms in total. The Kier molecular flexibility index (Phi) is 2.66. The predicted molar refractivity (Wildman–Crippen MR) is 70.4 cm³/mol. The average Bonchev–Trinajstić information content (AvgIpc) is 2.82. The van der Waals surface area contributed by atoms with Gasteiger partial charge in [-0.05, 0) is 41.5 Å². The van der Waals surface area contributed by atoms with Crippen LogP contribution in [0.4, 0.5) is 5.69 Å². The number of anilines is 1. The van der Waals surface area contributed by atoms with Gasteiger partial charge in [-0.2, -0.15) is 0 Å². The van der Waals surface area contributed by atoms with Crippen molar-refractivity contribution in [2.45, 2.75) is 19.3 Å². The largest absolute Gasteiger partial charge is 0.385 e. The lowest BCUT2D eigenvalue weighted by Gasteiger charge is -2.18. The SMILES string of the molecule is c1csc(Cc2ccc3c(c2)CCCN3)c1. The molecule has 82 valence electrons. The molecule has 0 unspecified atom stereocenters. The zero-order valence-electron chi connectivity index (χ0n) is 9.20. The van der Waals surface area contributed by atoms with Crippen LogP contribution in [0.1, 0.15) is 22.4 Å². The zero-order chi connectivity index (χ0) is 10.8. The summed E-state index contributed by atoms with van der Waals surface area (Å²) in [6, 6.07) is 11.2. The summed E-state index contributed by atoms with van der Waals surface area (Å²) < 4.78 is 0. The number of aryl methyl sites for hydroxylation is 1. The molecule has 2 aromatic rings. The lowest BCUT2D eigenvalue weighted by atomic mass is 9.99. The fraction of sp³-hybridized carbons (Fsp3) is 0.286.